The molecule has 26 heavy (non-hydrogen) atoms. The van der Waals surface area contributed by atoms with E-state index in [0.717, 1.165) is 10.9 Å². The molecule has 2 N–H and O–H groups in total. The number of para-hydroxylation sites is 1. The van der Waals surface area contributed by atoms with Crippen LogP contribution in [0.1, 0.15) is 17.2 Å². The zero-order valence-electron chi connectivity index (χ0n) is 14.6. The van der Waals surface area contributed by atoms with Gasteiger partial charge >= 0.3 is 0 Å². The third-order valence-corrected chi connectivity index (χ3v) is 4.16. The number of aromatic nitrogens is 1. The second-order valence-electron chi connectivity index (χ2n) is 5.68. The summed E-state index contributed by atoms with van der Waals surface area (Å²) in [5.74, 6) is 1.20. The van der Waals surface area contributed by atoms with Gasteiger partial charge in [-0.15, -0.1) is 0 Å². The Bertz CT molecular complexity index is 966. The number of fused-ring (bicyclic) bond motifs is 1. The van der Waals surface area contributed by atoms with Crippen molar-refractivity contribution in [2.45, 2.75) is 6.10 Å². The van der Waals surface area contributed by atoms with Crippen LogP contribution in [0.3, 0.4) is 0 Å². The Morgan fingerprint density at radius 1 is 1.19 bits per heavy atom. The van der Waals surface area contributed by atoms with E-state index < -0.39 is 6.10 Å². The number of anilines is 1. The van der Waals surface area contributed by atoms with E-state index in [2.05, 4.69) is 16.4 Å². The number of pyridine rings is 1. The van der Waals surface area contributed by atoms with E-state index in [4.69, 9.17) is 9.47 Å². The molecule has 132 valence electrons. The number of ether oxygens (including phenoxy) is 2. The van der Waals surface area contributed by atoms with Crippen molar-refractivity contribution in [3.63, 3.8) is 0 Å². The minimum absolute atomic E-state index is 0.201. The highest BCUT2D eigenvalue weighted by atomic mass is 16.5. The van der Waals surface area contributed by atoms with Crippen LogP contribution in [0, 0.1) is 11.3 Å². The first kappa shape index (κ1) is 17.5. The molecule has 0 fully saturated rings. The second kappa shape index (κ2) is 7.72. The molecule has 0 radical (unpaired) electrons. The van der Waals surface area contributed by atoms with Crippen LogP contribution in [-0.4, -0.2) is 30.9 Å². The number of benzene rings is 2. The Kier molecular flexibility index (Phi) is 5.20. The Morgan fingerprint density at radius 3 is 2.73 bits per heavy atom. The summed E-state index contributed by atoms with van der Waals surface area (Å²) >= 11 is 0. The Balaban J connectivity index is 1.90. The van der Waals surface area contributed by atoms with Crippen molar-refractivity contribution in [1.82, 2.24) is 4.98 Å². The molecule has 3 rings (SSSR count). The molecule has 0 bridgehead atoms. The predicted molar refractivity (Wildman–Crippen MR) is 99.5 cm³/mol. The summed E-state index contributed by atoms with van der Waals surface area (Å²) < 4.78 is 10.6. The van der Waals surface area contributed by atoms with Crippen molar-refractivity contribution in [3.8, 4) is 17.6 Å². The van der Waals surface area contributed by atoms with Gasteiger partial charge in [-0.05, 0) is 24.3 Å². The first-order chi connectivity index (χ1) is 12.7. The van der Waals surface area contributed by atoms with Gasteiger partial charge in [-0.2, -0.15) is 5.26 Å². The summed E-state index contributed by atoms with van der Waals surface area (Å²) in [4.78, 5) is 4.29. The average Bonchev–Trinajstić information content (AvgIpc) is 2.70. The van der Waals surface area contributed by atoms with E-state index in [1.807, 2.05) is 24.3 Å². The molecule has 0 spiro atoms. The van der Waals surface area contributed by atoms with Gasteiger partial charge in [0.2, 0.25) is 0 Å². The van der Waals surface area contributed by atoms with Crippen LogP contribution in [0.5, 0.6) is 11.5 Å². The minimum Gasteiger partial charge on any atom is -0.497 e. The van der Waals surface area contributed by atoms with Gasteiger partial charge in [0.1, 0.15) is 17.6 Å². The maximum Gasteiger partial charge on any atom is 0.124 e. The lowest BCUT2D eigenvalue weighted by atomic mass is 10.1. The van der Waals surface area contributed by atoms with E-state index in [1.54, 1.807) is 32.4 Å². The quantitative estimate of drug-likeness (QED) is 0.710. The summed E-state index contributed by atoms with van der Waals surface area (Å²) in [5, 5.41) is 24.0. The van der Waals surface area contributed by atoms with Gasteiger partial charge in [0.15, 0.2) is 0 Å². The molecule has 0 aliphatic rings. The van der Waals surface area contributed by atoms with Crippen LogP contribution in [-0.2, 0) is 0 Å². The molecule has 1 aromatic heterocycles. The molecule has 1 atom stereocenters. The molecule has 0 saturated heterocycles. The van der Waals surface area contributed by atoms with Gasteiger partial charge in [0.25, 0.3) is 0 Å². The van der Waals surface area contributed by atoms with E-state index in [0.29, 0.717) is 28.3 Å². The lowest BCUT2D eigenvalue weighted by Crippen LogP contribution is -2.14. The minimum atomic E-state index is -0.849. The van der Waals surface area contributed by atoms with Gasteiger partial charge in [-0.1, -0.05) is 18.2 Å². The molecule has 0 amide bonds. The van der Waals surface area contributed by atoms with Crippen LogP contribution in [0.15, 0.2) is 48.7 Å². The van der Waals surface area contributed by atoms with Crippen molar-refractivity contribution in [1.29, 1.82) is 5.26 Å². The lowest BCUT2D eigenvalue weighted by Gasteiger charge is -2.18. The summed E-state index contributed by atoms with van der Waals surface area (Å²) in [6, 6.07) is 14.9. The van der Waals surface area contributed by atoms with Gasteiger partial charge in [-0.3, -0.25) is 4.98 Å². The number of methoxy groups -OCH3 is 2. The van der Waals surface area contributed by atoms with Crippen LogP contribution in [0.2, 0.25) is 0 Å². The number of nitrogens with one attached hydrogen (secondary N) is 1. The molecule has 1 heterocycles. The third kappa shape index (κ3) is 3.39. The number of aliphatic hydroxyl groups is 1. The summed E-state index contributed by atoms with van der Waals surface area (Å²) in [5.41, 5.74) is 2.46. The SMILES string of the molecule is COc1ccc(OC)c(C(O)CNc2c(C#N)cnc3ccccc23)c1. The van der Waals surface area contributed by atoms with Crippen molar-refractivity contribution < 1.29 is 14.6 Å². The Hall–Kier alpha value is -3.30. The average molecular weight is 349 g/mol. The zero-order valence-corrected chi connectivity index (χ0v) is 14.6. The molecule has 0 aliphatic heterocycles. The van der Waals surface area contributed by atoms with Crippen LogP contribution in [0.4, 0.5) is 5.69 Å². The molecular formula is C20H19N3O3. The summed E-state index contributed by atoms with van der Waals surface area (Å²) in [7, 11) is 3.12. The Labute approximate surface area is 151 Å². The normalized spacial score (nSPS) is 11.6. The molecule has 6 heteroatoms. The van der Waals surface area contributed by atoms with Crippen molar-refractivity contribution >= 4 is 16.6 Å². The number of rotatable bonds is 6. The fourth-order valence-corrected chi connectivity index (χ4v) is 2.83. The maximum atomic E-state index is 10.7. The van der Waals surface area contributed by atoms with Crippen molar-refractivity contribution in [2.24, 2.45) is 0 Å². The molecule has 1 unspecified atom stereocenters. The fraction of sp³-hybridized carbons (Fsp3) is 0.200. The van der Waals surface area contributed by atoms with E-state index >= 15 is 0 Å². The lowest BCUT2D eigenvalue weighted by molar-refractivity contribution is 0.186. The topological polar surface area (TPSA) is 87.4 Å². The molecular weight excluding hydrogens is 330 g/mol. The number of nitriles is 1. The van der Waals surface area contributed by atoms with Crippen molar-refractivity contribution in [3.05, 3.63) is 59.8 Å². The third-order valence-electron chi connectivity index (χ3n) is 4.16. The molecule has 0 aliphatic carbocycles. The summed E-state index contributed by atoms with van der Waals surface area (Å²) in [6.45, 7) is 0.201. The van der Waals surface area contributed by atoms with Crippen LogP contribution < -0.4 is 14.8 Å². The Morgan fingerprint density at radius 2 is 2.00 bits per heavy atom. The van der Waals surface area contributed by atoms with E-state index in [1.165, 1.54) is 6.20 Å². The first-order valence-electron chi connectivity index (χ1n) is 8.09. The molecule has 3 aromatic rings. The number of hydrogen-bond donors (Lipinski definition) is 2. The molecule has 6 nitrogen and oxygen atoms in total. The monoisotopic (exact) mass is 349 g/mol. The largest absolute Gasteiger partial charge is 0.497 e. The highest BCUT2D eigenvalue weighted by Gasteiger charge is 2.16. The number of nitrogens with zero attached hydrogens (tertiary/aromatic N) is 2. The number of aliphatic hydroxyl groups excluding tert-OH is 1. The summed E-state index contributed by atoms with van der Waals surface area (Å²) in [6.07, 6.45) is 0.682. The standard InChI is InChI=1S/C20H19N3O3/c1-25-14-7-8-19(26-2)16(9-14)18(24)12-23-20-13(10-21)11-22-17-6-4-3-5-15(17)20/h3-9,11,18,24H,12H2,1-2H3,(H,22,23). The molecule has 2 aromatic carbocycles. The zero-order chi connectivity index (χ0) is 18.5. The molecule has 0 saturated carbocycles. The van der Waals surface area contributed by atoms with Gasteiger partial charge < -0.3 is 19.9 Å². The van der Waals surface area contributed by atoms with E-state index in [-0.39, 0.29) is 6.54 Å². The van der Waals surface area contributed by atoms with Gasteiger partial charge in [0, 0.05) is 23.7 Å². The highest BCUT2D eigenvalue weighted by molar-refractivity contribution is 5.93. The first-order valence-corrected chi connectivity index (χ1v) is 8.09. The smallest absolute Gasteiger partial charge is 0.124 e. The van der Waals surface area contributed by atoms with Crippen LogP contribution in [0.25, 0.3) is 10.9 Å². The van der Waals surface area contributed by atoms with E-state index in [9.17, 15) is 10.4 Å². The van der Waals surface area contributed by atoms with Crippen LogP contribution >= 0.6 is 0 Å². The number of hydrogen-bond acceptors (Lipinski definition) is 6. The fourth-order valence-electron chi connectivity index (χ4n) is 2.83. The highest BCUT2D eigenvalue weighted by Crippen LogP contribution is 2.31. The maximum absolute atomic E-state index is 10.7. The predicted octanol–water partition coefficient (Wildman–Crippen LogP) is 3.27. The van der Waals surface area contributed by atoms with Gasteiger partial charge in [0.05, 0.1) is 37.1 Å². The second-order valence-corrected chi connectivity index (χ2v) is 5.68. The van der Waals surface area contributed by atoms with Gasteiger partial charge in [-0.25, -0.2) is 0 Å². The van der Waals surface area contributed by atoms with Crippen molar-refractivity contribution in [2.75, 3.05) is 26.1 Å².